The molecule has 11 heteroatoms. The van der Waals surface area contributed by atoms with Crippen LogP contribution < -0.4 is 0 Å². The fraction of sp³-hybridized carbons (Fsp3) is 0.200. The molecule has 0 N–H and O–H groups in total. The van der Waals surface area contributed by atoms with E-state index in [1.807, 2.05) is 30.3 Å². The number of para-hydroxylation sites is 1. The van der Waals surface area contributed by atoms with Crippen LogP contribution in [0.2, 0.25) is 0 Å². The normalized spacial score (nSPS) is 17.5. The molecule has 1 aromatic heterocycles. The van der Waals surface area contributed by atoms with Crippen LogP contribution in [0.5, 0.6) is 0 Å². The highest BCUT2D eigenvalue weighted by Gasteiger charge is 2.43. The predicted molar refractivity (Wildman–Crippen MR) is 134 cm³/mol. The monoisotopic (exact) mass is 503 g/mol. The minimum Gasteiger partial charge on any atom is -0.466 e. The molecular formula is C25H21N5O5S. The van der Waals surface area contributed by atoms with Crippen molar-refractivity contribution in [1.82, 2.24) is 14.7 Å². The first kappa shape index (κ1) is 23.5. The number of hydrogen-bond acceptors (Lipinski definition) is 8. The molecule has 3 heterocycles. The molecule has 2 aliphatic rings. The number of nitro benzene ring substituents is 1. The Bertz CT molecular complexity index is 1450. The summed E-state index contributed by atoms with van der Waals surface area (Å²) in [6.45, 7) is 1.71. The lowest BCUT2D eigenvalue weighted by Crippen LogP contribution is -2.45. The maximum absolute atomic E-state index is 13.2. The Balaban J connectivity index is 1.78. The number of fused-ring (bicyclic) bond motifs is 1. The Morgan fingerprint density at radius 1 is 1.19 bits per heavy atom. The van der Waals surface area contributed by atoms with Gasteiger partial charge in [-0.3, -0.25) is 19.8 Å². The first-order chi connectivity index (χ1) is 17.4. The van der Waals surface area contributed by atoms with Crippen molar-refractivity contribution in [1.29, 1.82) is 0 Å². The molecule has 36 heavy (non-hydrogen) atoms. The molecule has 1 saturated heterocycles. The summed E-state index contributed by atoms with van der Waals surface area (Å²) in [5.74, 6) is -0.201. The van der Waals surface area contributed by atoms with Crippen molar-refractivity contribution in [3.8, 4) is 16.9 Å². The minimum atomic E-state index is -0.864. The van der Waals surface area contributed by atoms with Crippen molar-refractivity contribution in [2.24, 2.45) is 4.99 Å². The Kier molecular flexibility index (Phi) is 6.15. The second-order valence-corrected chi connectivity index (χ2v) is 9.23. The van der Waals surface area contributed by atoms with Gasteiger partial charge in [0.25, 0.3) is 5.69 Å². The van der Waals surface area contributed by atoms with Crippen LogP contribution in [0.1, 0.15) is 24.9 Å². The number of nitro groups is 1. The average molecular weight is 504 g/mol. The highest BCUT2D eigenvalue weighted by molar-refractivity contribution is 8.14. The predicted octanol–water partition coefficient (Wildman–Crippen LogP) is 4.27. The van der Waals surface area contributed by atoms with Crippen LogP contribution in [-0.2, 0) is 14.3 Å². The van der Waals surface area contributed by atoms with E-state index in [-0.39, 0.29) is 23.6 Å². The van der Waals surface area contributed by atoms with Crippen LogP contribution in [0.3, 0.4) is 0 Å². The summed E-state index contributed by atoms with van der Waals surface area (Å²) in [6.07, 6.45) is 2.03. The van der Waals surface area contributed by atoms with E-state index in [0.29, 0.717) is 33.4 Å². The number of hydrogen-bond donors (Lipinski definition) is 0. The van der Waals surface area contributed by atoms with Crippen molar-refractivity contribution >= 4 is 34.5 Å². The minimum absolute atomic E-state index is 0.0943. The largest absolute Gasteiger partial charge is 0.466 e. The molecule has 0 radical (unpaired) electrons. The maximum atomic E-state index is 13.2. The summed E-state index contributed by atoms with van der Waals surface area (Å²) in [6, 6.07) is 14.6. The Hall–Kier alpha value is -4.25. The van der Waals surface area contributed by atoms with Crippen LogP contribution >= 0.6 is 11.8 Å². The molecule has 0 saturated carbocycles. The van der Waals surface area contributed by atoms with Crippen molar-refractivity contribution in [2.45, 2.75) is 19.4 Å². The molecule has 1 fully saturated rings. The summed E-state index contributed by atoms with van der Waals surface area (Å²) < 4.78 is 6.73. The van der Waals surface area contributed by atoms with Gasteiger partial charge in [0, 0.05) is 41.6 Å². The number of aromatic nitrogens is 2. The number of non-ortho nitro benzene ring substituents is 1. The van der Waals surface area contributed by atoms with Crippen LogP contribution in [0.4, 0.5) is 5.69 Å². The molecule has 1 unspecified atom stereocenters. The Morgan fingerprint density at radius 2 is 1.97 bits per heavy atom. The molecule has 0 aliphatic carbocycles. The van der Waals surface area contributed by atoms with Gasteiger partial charge in [0.1, 0.15) is 6.04 Å². The number of amidine groups is 1. The number of aliphatic imine (C=N–C) groups is 1. The summed E-state index contributed by atoms with van der Waals surface area (Å²) >= 11 is 1.44. The molecule has 182 valence electrons. The lowest BCUT2D eigenvalue weighted by molar-refractivity contribution is -0.384. The smallest absolute Gasteiger partial charge is 0.338 e. The van der Waals surface area contributed by atoms with Crippen molar-refractivity contribution in [2.75, 3.05) is 12.9 Å². The van der Waals surface area contributed by atoms with E-state index in [2.05, 4.69) is 4.99 Å². The number of methoxy groups -OCH3 is 1. The lowest BCUT2D eigenvalue weighted by Gasteiger charge is -2.38. The number of carbonyl (C=O) groups excluding carboxylic acids is 2. The third-order valence-electron chi connectivity index (χ3n) is 6.00. The number of benzene rings is 2. The van der Waals surface area contributed by atoms with E-state index in [4.69, 9.17) is 9.84 Å². The third-order valence-corrected chi connectivity index (χ3v) is 6.95. The fourth-order valence-electron chi connectivity index (χ4n) is 4.35. The molecule has 1 amide bonds. The number of thioether (sulfide) groups is 1. The number of esters is 1. The highest BCUT2D eigenvalue weighted by atomic mass is 32.2. The van der Waals surface area contributed by atoms with E-state index < -0.39 is 16.9 Å². The maximum Gasteiger partial charge on any atom is 0.338 e. The standard InChI is InChI=1S/C25H21N5O5S/c1-15-21(24(32)35-2)23(29-20(31)11-12-36-25(29)26-15)19-14-28(17-8-4-3-5-9-17)27-22(19)16-7-6-10-18(13-16)30(33)34/h3-10,13-14,23H,11-12H2,1-2H3. The zero-order chi connectivity index (χ0) is 25.4. The Labute approximate surface area is 210 Å². The molecule has 1 atom stereocenters. The van der Waals surface area contributed by atoms with Gasteiger partial charge in [0.2, 0.25) is 5.91 Å². The first-order valence-corrected chi connectivity index (χ1v) is 12.1. The quantitative estimate of drug-likeness (QED) is 0.290. The molecule has 5 rings (SSSR count). The molecule has 2 aliphatic heterocycles. The molecular weight excluding hydrogens is 482 g/mol. The average Bonchev–Trinajstić information content (AvgIpc) is 3.33. The van der Waals surface area contributed by atoms with Crippen LogP contribution in [0.25, 0.3) is 16.9 Å². The van der Waals surface area contributed by atoms with Gasteiger partial charge in [-0.05, 0) is 19.1 Å². The molecule has 2 aromatic carbocycles. The number of amides is 1. The summed E-state index contributed by atoms with van der Waals surface area (Å²) in [5, 5.41) is 16.8. The third kappa shape index (κ3) is 4.07. The van der Waals surface area contributed by atoms with Gasteiger partial charge in [0.05, 0.1) is 34.7 Å². The van der Waals surface area contributed by atoms with E-state index in [1.165, 1.54) is 35.9 Å². The summed E-state index contributed by atoms with van der Waals surface area (Å²) in [5.41, 5.74) is 2.74. The SMILES string of the molecule is COC(=O)C1=C(C)N=C2SCCC(=O)N2C1c1cn(-c2ccccc2)nc1-c1cccc([N+](=O)[O-])c1. The van der Waals surface area contributed by atoms with Crippen LogP contribution in [0.15, 0.2) is 77.1 Å². The zero-order valence-electron chi connectivity index (χ0n) is 19.5. The second-order valence-electron chi connectivity index (χ2n) is 8.17. The number of nitrogens with zero attached hydrogens (tertiary/aromatic N) is 5. The van der Waals surface area contributed by atoms with Gasteiger partial charge < -0.3 is 4.74 Å². The number of allylic oxidation sites excluding steroid dienone is 1. The topological polar surface area (TPSA) is 120 Å². The highest BCUT2D eigenvalue weighted by Crippen LogP contribution is 2.43. The molecule has 0 bridgehead atoms. The first-order valence-electron chi connectivity index (χ1n) is 11.1. The van der Waals surface area contributed by atoms with Gasteiger partial charge in [-0.2, -0.15) is 5.10 Å². The molecule has 10 nitrogen and oxygen atoms in total. The van der Waals surface area contributed by atoms with Gasteiger partial charge >= 0.3 is 5.97 Å². The van der Waals surface area contributed by atoms with E-state index in [9.17, 15) is 19.7 Å². The molecule has 0 spiro atoms. The fourth-order valence-corrected chi connectivity index (χ4v) is 5.36. The lowest BCUT2D eigenvalue weighted by atomic mass is 9.92. The van der Waals surface area contributed by atoms with Gasteiger partial charge in [-0.15, -0.1) is 0 Å². The van der Waals surface area contributed by atoms with E-state index in [1.54, 1.807) is 29.9 Å². The van der Waals surface area contributed by atoms with Crippen molar-refractivity contribution in [3.05, 3.63) is 87.7 Å². The van der Waals surface area contributed by atoms with Crippen LogP contribution in [-0.4, -0.2) is 49.5 Å². The van der Waals surface area contributed by atoms with Crippen molar-refractivity contribution in [3.63, 3.8) is 0 Å². The number of rotatable bonds is 5. The van der Waals surface area contributed by atoms with Crippen LogP contribution in [0, 0.1) is 10.1 Å². The molecule has 3 aromatic rings. The van der Waals surface area contributed by atoms with Gasteiger partial charge in [-0.1, -0.05) is 42.1 Å². The van der Waals surface area contributed by atoms with Gasteiger partial charge in [-0.25, -0.2) is 14.5 Å². The number of carbonyl (C=O) groups is 2. The zero-order valence-corrected chi connectivity index (χ0v) is 20.3. The number of ether oxygens (including phenoxy) is 1. The second kappa shape index (κ2) is 9.42. The van der Waals surface area contributed by atoms with Gasteiger partial charge in [0.15, 0.2) is 5.17 Å². The summed E-state index contributed by atoms with van der Waals surface area (Å²) in [7, 11) is 1.28. The van der Waals surface area contributed by atoms with E-state index >= 15 is 0 Å². The van der Waals surface area contributed by atoms with Crippen molar-refractivity contribution < 1.29 is 19.2 Å². The Morgan fingerprint density at radius 3 is 2.69 bits per heavy atom. The summed E-state index contributed by atoms with van der Waals surface area (Å²) in [4.78, 5) is 43.2. The van der Waals surface area contributed by atoms with E-state index in [0.717, 1.165) is 5.69 Å².